The first-order chi connectivity index (χ1) is 8.99. The molecule has 0 spiro atoms. The van der Waals surface area contributed by atoms with Crippen LogP contribution in [0.5, 0.6) is 11.5 Å². The normalized spacial score (nSPS) is 11.3. The van der Waals surface area contributed by atoms with Gasteiger partial charge < -0.3 is 4.74 Å². The van der Waals surface area contributed by atoms with Crippen molar-refractivity contribution in [2.45, 2.75) is 10.8 Å². The molecule has 0 N–H and O–H groups in total. The van der Waals surface area contributed by atoms with E-state index in [1.54, 1.807) is 30.6 Å². The fourth-order valence-corrected chi connectivity index (χ4v) is 2.26. The van der Waals surface area contributed by atoms with E-state index in [1.165, 1.54) is 12.1 Å². The number of ether oxygens (including phenoxy) is 1. The third kappa shape index (κ3) is 3.68. The quantitative estimate of drug-likeness (QED) is 0.814. The first-order valence-corrected chi connectivity index (χ1v) is 7.89. The van der Waals surface area contributed by atoms with Crippen molar-refractivity contribution in [3.63, 3.8) is 0 Å². The summed E-state index contributed by atoms with van der Waals surface area (Å²) in [5.74, 6) is 1.46. The Balaban J connectivity index is 2.19. The maximum absolute atomic E-state index is 11.3. The van der Waals surface area contributed by atoms with E-state index in [9.17, 15) is 8.42 Å². The van der Waals surface area contributed by atoms with Crippen LogP contribution in [0, 0.1) is 0 Å². The second kappa shape index (κ2) is 5.59. The van der Waals surface area contributed by atoms with Crippen LogP contribution in [0.4, 0.5) is 0 Å². The number of hydrogen-bond donors (Lipinski definition) is 0. The molecule has 0 radical (unpaired) electrons. The predicted molar refractivity (Wildman–Crippen MR) is 73.4 cm³/mol. The molecule has 0 aliphatic rings. The molecule has 0 atom stereocenters. The lowest BCUT2D eigenvalue weighted by Crippen LogP contribution is -1.96. The van der Waals surface area contributed by atoms with Crippen LogP contribution in [0.15, 0.2) is 47.6 Å². The maximum Gasteiger partial charge on any atom is 0.175 e. The van der Waals surface area contributed by atoms with E-state index >= 15 is 0 Å². The summed E-state index contributed by atoms with van der Waals surface area (Å²) in [6.45, 7) is 0. The van der Waals surface area contributed by atoms with Crippen LogP contribution in [0.3, 0.4) is 0 Å². The average Bonchev–Trinajstić information content (AvgIpc) is 2.38. The second-order valence-corrected chi connectivity index (χ2v) is 6.29. The van der Waals surface area contributed by atoms with Crippen molar-refractivity contribution in [2.75, 3.05) is 6.26 Å². The minimum absolute atomic E-state index is 0.257. The smallest absolute Gasteiger partial charge is 0.175 e. The summed E-state index contributed by atoms with van der Waals surface area (Å²) in [4.78, 5) is 4.26. The number of benzene rings is 1. The summed E-state index contributed by atoms with van der Waals surface area (Å²) in [6, 6.07) is 7.99. The number of rotatable bonds is 4. The number of sulfone groups is 1. The first-order valence-electron chi connectivity index (χ1n) is 5.47. The highest BCUT2D eigenvalue weighted by Crippen LogP contribution is 2.23. The minimum Gasteiger partial charge on any atom is -0.456 e. The van der Waals surface area contributed by atoms with E-state index in [4.69, 9.17) is 16.3 Å². The first kappa shape index (κ1) is 13.8. The van der Waals surface area contributed by atoms with Crippen LogP contribution in [0.25, 0.3) is 0 Å². The van der Waals surface area contributed by atoms with Gasteiger partial charge in [0, 0.05) is 18.3 Å². The molecule has 1 aromatic carbocycles. The van der Waals surface area contributed by atoms with Crippen LogP contribution in [-0.2, 0) is 15.7 Å². The summed E-state index contributed by atoms with van der Waals surface area (Å²) >= 11 is 5.71. The van der Waals surface area contributed by atoms with Gasteiger partial charge in [0.25, 0.3) is 0 Å². The molecule has 2 aromatic rings. The Labute approximate surface area is 116 Å². The number of aromatic nitrogens is 1. The highest BCUT2D eigenvalue weighted by Gasteiger charge is 2.07. The summed E-state index contributed by atoms with van der Waals surface area (Å²) < 4.78 is 28.2. The maximum atomic E-state index is 11.3. The zero-order chi connectivity index (χ0) is 13.9. The van der Waals surface area contributed by atoms with Crippen LogP contribution in [0.2, 0.25) is 0 Å². The van der Waals surface area contributed by atoms with Crippen LogP contribution < -0.4 is 4.74 Å². The Hall–Kier alpha value is -1.59. The number of hydrogen-bond acceptors (Lipinski definition) is 4. The van der Waals surface area contributed by atoms with E-state index in [1.807, 2.05) is 0 Å². The lowest BCUT2D eigenvalue weighted by Gasteiger charge is -2.06. The van der Waals surface area contributed by atoms with Crippen LogP contribution in [0.1, 0.15) is 5.56 Å². The molecule has 4 nitrogen and oxygen atoms in total. The third-order valence-electron chi connectivity index (χ3n) is 2.41. The topological polar surface area (TPSA) is 56.3 Å². The minimum atomic E-state index is -3.19. The van der Waals surface area contributed by atoms with Crippen molar-refractivity contribution in [1.29, 1.82) is 0 Å². The average molecular weight is 298 g/mol. The molecule has 0 fully saturated rings. The largest absolute Gasteiger partial charge is 0.456 e. The third-order valence-corrected chi connectivity index (χ3v) is 3.85. The van der Waals surface area contributed by atoms with E-state index in [2.05, 4.69) is 4.98 Å². The lowest BCUT2D eigenvalue weighted by molar-refractivity contribution is 0.479. The molecule has 0 aliphatic heterocycles. The van der Waals surface area contributed by atoms with Crippen molar-refractivity contribution >= 4 is 21.4 Å². The summed E-state index contributed by atoms with van der Waals surface area (Å²) in [5, 5.41) is 0. The molecule has 2 rings (SSSR count). The fourth-order valence-electron chi connectivity index (χ4n) is 1.48. The Morgan fingerprint density at radius 3 is 2.42 bits per heavy atom. The molecule has 6 heteroatoms. The van der Waals surface area contributed by atoms with Gasteiger partial charge in [-0.2, -0.15) is 0 Å². The fraction of sp³-hybridized carbons (Fsp3) is 0.154. The highest BCUT2D eigenvalue weighted by molar-refractivity contribution is 7.90. The van der Waals surface area contributed by atoms with Gasteiger partial charge in [0.1, 0.15) is 11.5 Å². The van der Waals surface area contributed by atoms with Crippen molar-refractivity contribution in [1.82, 2.24) is 4.98 Å². The predicted octanol–water partition coefficient (Wildman–Crippen LogP) is 3.02. The Morgan fingerprint density at radius 1 is 1.16 bits per heavy atom. The molecule has 0 bridgehead atoms. The number of halogens is 1. The molecule has 100 valence electrons. The zero-order valence-corrected chi connectivity index (χ0v) is 11.8. The molecule has 19 heavy (non-hydrogen) atoms. The molecule has 0 saturated carbocycles. The zero-order valence-electron chi connectivity index (χ0n) is 10.2. The molecule has 0 aliphatic carbocycles. The van der Waals surface area contributed by atoms with Crippen molar-refractivity contribution in [2.24, 2.45) is 0 Å². The van der Waals surface area contributed by atoms with E-state index in [-0.39, 0.29) is 4.90 Å². The van der Waals surface area contributed by atoms with Gasteiger partial charge in [-0.1, -0.05) is 0 Å². The van der Waals surface area contributed by atoms with E-state index < -0.39 is 9.84 Å². The Morgan fingerprint density at radius 2 is 1.84 bits per heavy atom. The van der Waals surface area contributed by atoms with Crippen molar-refractivity contribution in [3.8, 4) is 11.5 Å². The molecule has 0 amide bonds. The van der Waals surface area contributed by atoms with Gasteiger partial charge in [0.05, 0.1) is 11.1 Å². The number of alkyl halides is 1. The van der Waals surface area contributed by atoms with Gasteiger partial charge in [0.2, 0.25) is 0 Å². The standard InChI is InChI=1S/C13H12ClNO3S/c1-19(16,17)13-4-2-11(3-5-13)18-12-6-10(7-14)8-15-9-12/h2-6,8-9H,7H2,1H3. The Kier molecular flexibility index (Phi) is 4.07. The van der Waals surface area contributed by atoms with Gasteiger partial charge in [-0.15, -0.1) is 11.6 Å². The van der Waals surface area contributed by atoms with Crippen molar-refractivity contribution in [3.05, 3.63) is 48.3 Å². The molecular formula is C13H12ClNO3S. The van der Waals surface area contributed by atoms with E-state index in [0.717, 1.165) is 11.8 Å². The van der Waals surface area contributed by atoms with Gasteiger partial charge in [-0.3, -0.25) is 4.98 Å². The summed E-state index contributed by atoms with van der Waals surface area (Å²) in [6.07, 6.45) is 4.39. The molecule has 1 heterocycles. The summed E-state index contributed by atoms with van der Waals surface area (Å²) in [5.41, 5.74) is 0.854. The van der Waals surface area contributed by atoms with Gasteiger partial charge >= 0.3 is 0 Å². The highest BCUT2D eigenvalue weighted by atomic mass is 35.5. The van der Waals surface area contributed by atoms with E-state index in [0.29, 0.717) is 17.4 Å². The SMILES string of the molecule is CS(=O)(=O)c1ccc(Oc2cncc(CCl)c2)cc1. The van der Waals surface area contributed by atoms with Crippen LogP contribution >= 0.6 is 11.6 Å². The van der Waals surface area contributed by atoms with Crippen LogP contribution in [-0.4, -0.2) is 19.7 Å². The lowest BCUT2D eigenvalue weighted by atomic mass is 10.3. The number of pyridine rings is 1. The van der Waals surface area contributed by atoms with Gasteiger partial charge in [0.15, 0.2) is 9.84 Å². The van der Waals surface area contributed by atoms with Gasteiger partial charge in [-0.05, 0) is 35.9 Å². The van der Waals surface area contributed by atoms with Crippen molar-refractivity contribution < 1.29 is 13.2 Å². The molecular weight excluding hydrogens is 286 g/mol. The number of nitrogens with zero attached hydrogens (tertiary/aromatic N) is 1. The molecule has 0 unspecified atom stereocenters. The monoisotopic (exact) mass is 297 g/mol. The molecule has 0 saturated heterocycles. The second-order valence-electron chi connectivity index (χ2n) is 4.01. The van der Waals surface area contributed by atoms with Gasteiger partial charge in [-0.25, -0.2) is 8.42 Å². The Bertz CT molecular complexity index is 669. The summed E-state index contributed by atoms with van der Waals surface area (Å²) in [7, 11) is -3.19. The molecule has 1 aromatic heterocycles.